The van der Waals surface area contributed by atoms with Crippen LogP contribution in [-0.2, 0) is 11.8 Å². The Morgan fingerprint density at radius 3 is 2.65 bits per heavy atom. The molecular weight excluding hydrogens is 330 g/mol. The van der Waals surface area contributed by atoms with Crippen LogP contribution in [0.15, 0.2) is 23.1 Å². The standard InChI is InChI=1S/C11H12BrN5O3/c1-6(17-5-7(12)3-14-17)10(18)15-8-4-13-16(2)9(8)11(19)20/h3-6H,1-2H3,(H,15,18)(H,19,20). The maximum atomic E-state index is 12.1. The Labute approximate surface area is 122 Å². The summed E-state index contributed by atoms with van der Waals surface area (Å²) in [5, 5.41) is 19.4. The molecule has 0 aliphatic carbocycles. The summed E-state index contributed by atoms with van der Waals surface area (Å²) in [7, 11) is 1.49. The Hall–Kier alpha value is -2.16. The van der Waals surface area contributed by atoms with Crippen molar-refractivity contribution < 1.29 is 14.7 Å². The summed E-state index contributed by atoms with van der Waals surface area (Å²) in [4.78, 5) is 23.2. The number of nitrogens with zero attached hydrogens (tertiary/aromatic N) is 4. The quantitative estimate of drug-likeness (QED) is 0.871. The molecule has 1 amide bonds. The maximum absolute atomic E-state index is 12.1. The smallest absolute Gasteiger partial charge is 0.356 e. The number of hydrogen-bond donors (Lipinski definition) is 2. The van der Waals surface area contributed by atoms with Crippen molar-refractivity contribution in [3.8, 4) is 0 Å². The van der Waals surface area contributed by atoms with Crippen LogP contribution in [0.3, 0.4) is 0 Å². The molecule has 0 aliphatic rings. The van der Waals surface area contributed by atoms with E-state index in [1.165, 1.54) is 22.6 Å². The van der Waals surface area contributed by atoms with Gasteiger partial charge in [0.15, 0.2) is 5.69 Å². The lowest BCUT2D eigenvalue weighted by Gasteiger charge is -2.12. The monoisotopic (exact) mass is 341 g/mol. The zero-order valence-electron chi connectivity index (χ0n) is 10.7. The zero-order chi connectivity index (χ0) is 14.9. The highest BCUT2D eigenvalue weighted by atomic mass is 79.9. The minimum atomic E-state index is -1.16. The molecule has 0 saturated carbocycles. The van der Waals surface area contributed by atoms with Gasteiger partial charge in [-0.05, 0) is 22.9 Å². The van der Waals surface area contributed by atoms with E-state index >= 15 is 0 Å². The van der Waals surface area contributed by atoms with Crippen LogP contribution >= 0.6 is 15.9 Å². The first kappa shape index (κ1) is 14.3. The number of anilines is 1. The molecule has 2 N–H and O–H groups in total. The van der Waals surface area contributed by atoms with Crippen LogP contribution in [0.1, 0.15) is 23.5 Å². The minimum Gasteiger partial charge on any atom is -0.476 e. The van der Waals surface area contributed by atoms with Gasteiger partial charge in [0.2, 0.25) is 5.91 Å². The van der Waals surface area contributed by atoms with Crippen molar-refractivity contribution in [1.82, 2.24) is 19.6 Å². The van der Waals surface area contributed by atoms with Gasteiger partial charge < -0.3 is 10.4 Å². The number of carbonyl (C=O) groups excluding carboxylic acids is 1. The van der Waals surface area contributed by atoms with Gasteiger partial charge in [-0.25, -0.2) is 4.79 Å². The van der Waals surface area contributed by atoms with Crippen molar-refractivity contribution in [3.05, 3.63) is 28.8 Å². The van der Waals surface area contributed by atoms with Crippen LogP contribution in [0.5, 0.6) is 0 Å². The zero-order valence-corrected chi connectivity index (χ0v) is 12.3. The van der Waals surface area contributed by atoms with Crippen molar-refractivity contribution in [2.24, 2.45) is 7.05 Å². The van der Waals surface area contributed by atoms with Crippen LogP contribution in [0.4, 0.5) is 5.69 Å². The van der Waals surface area contributed by atoms with Crippen LogP contribution in [0.2, 0.25) is 0 Å². The molecule has 1 unspecified atom stereocenters. The summed E-state index contributed by atoms with van der Waals surface area (Å²) >= 11 is 3.24. The van der Waals surface area contributed by atoms with E-state index in [1.807, 2.05) is 0 Å². The van der Waals surface area contributed by atoms with Crippen molar-refractivity contribution in [2.75, 3.05) is 5.32 Å². The molecule has 20 heavy (non-hydrogen) atoms. The molecule has 2 aromatic heterocycles. The average Bonchev–Trinajstić information content (AvgIpc) is 2.95. The van der Waals surface area contributed by atoms with E-state index in [1.54, 1.807) is 19.3 Å². The third kappa shape index (κ3) is 2.72. The molecule has 8 nitrogen and oxygen atoms in total. The highest BCUT2D eigenvalue weighted by molar-refractivity contribution is 9.10. The lowest BCUT2D eigenvalue weighted by Crippen LogP contribution is -2.25. The first-order chi connectivity index (χ1) is 9.40. The normalized spacial score (nSPS) is 12.2. The topological polar surface area (TPSA) is 102 Å². The van der Waals surface area contributed by atoms with E-state index < -0.39 is 12.0 Å². The van der Waals surface area contributed by atoms with E-state index in [0.717, 1.165) is 4.47 Å². The Morgan fingerprint density at radius 1 is 1.40 bits per heavy atom. The van der Waals surface area contributed by atoms with Crippen LogP contribution < -0.4 is 5.32 Å². The first-order valence-corrected chi connectivity index (χ1v) is 6.45. The van der Waals surface area contributed by atoms with E-state index in [2.05, 4.69) is 31.4 Å². The van der Waals surface area contributed by atoms with Crippen molar-refractivity contribution in [2.45, 2.75) is 13.0 Å². The van der Waals surface area contributed by atoms with Gasteiger partial charge in [-0.3, -0.25) is 14.2 Å². The van der Waals surface area contributed by atoms with Gasteiger partial charge in [0.25, 0.3) is 0 Å². The number of aromatic carboxylic acids is 1. The Balaban J connectivity index is 2.18. The molecule has 0 radical (unpaired) electrons. The molecule has 1 atom stereocenters. The number of hydrogen-bond acceptors (Lipinski definition) is 4. The van der Waals surface area contributed by atoms with Crippen LogP contribution in [0, 0.1) is 0 Å². The fourth-order valence-corrected chi connectivity index (χ4v) is 1.97. The number of aryl methyl sites for hydroxylation is 1. The number of amides is 1. The number of rotatable bonds is 4. The molecule has 0 aliphatic heterocycles. The van der Waals surface area contributed by atoms with Crippen molar-refractivity contribution >= 4 is 33.5 Å². The summed E-state index contributed by atoms with van der Waals surface area (Å²) in [6.45, 7) is 1.66. The van der Waals surface area contributed by atoms with Gasteiger partial charge in [-0.2, -0.15) is 10.2 Å². The third-order valence-electron chi connectivity index (χ3n) is 2.75. The molecule has 0 saturated heterocycles. The lowest BCUT2D eigenvalue weighted by atomic mass is 10.3. The minimum absolute atomic E-state index is 0.0767. The molecule has 0 aromatic carbocycles. The highest BCUT2D eigenvalue weighted by Gasteiger charge is 2.21. The van der Waals surface area contributed by atoms with E-state index in [-0.39, 0.29) is 17.3 Å². The second-order valence-electron chi connectivity index (χ2n) is 4.14. The van der Waals surface area contributed by atoms with Crippen molar-refractivity contribution in [1.29, 1.82) is 0 Å². The maximum Gasteiger partial charge on any atom is 0.356 e. The molecular formula is C11H12BrN5O3. The molecule has 106 valence electrons. The summed E-state index contributed by atoms with van der Waals surface area (Å²) < 4.78 is 3.41. The second-order valence-corrected chi connectivity index (χ2v) is 5.06. The molecule has 2 heterocycles. The number of carboxylic acid groups (broad SMARTS) is 1. The lowest BCUT2D eigenvalue weighted by molar-refractivity contribution is -0.119. The second kappa shape index (κ2) is 5.45. The fraction of sp³-hybridized carbons (Fsp3) is 0.273. The fourth-order valence-electron chi connectivity index (χ4n) is 1.67. The predicted molar refractivity (Wildman–Crippen MR) is 73.4 cm³/mol. The molecule has 2 aromatic rings. The first-order valence-electron chi connectivity index (χ1n) is 5.66. The molecule has 0 spiro atoms. The van der Waals surface area contributed by atoms with Crippen LogP contribution in [0.25, 0.3) is 0 Å². The number of carboxylic acids is 1. The molecule has 0 bridgehead atoms. The third-order valence-corrected chi connectivity index (χ3v) is 3.15. The average molecular weight is 342 g/mol. The number of halogens is 1. The Kier molecular flexibility index (Phi) is 3.89. The Morgan fingerprint density at radius 2 is 2.10 bits per heavy atom. The van der Waals surface area contributed by atoms with Crippen molar-refractivity contribution in [3.63, 3.8) is 0 Å². The number of carbonyl (C=O) groups is 2. The van der Waals surface area contributed by atoms with Gasteiger partial charge in [0.05, 0.1) is 22.6 Å². The SMILES string of the molecule is CC(C(=O)Nc1cnn(C)c1C(=O)O)n1cc(Br)cn1. The van der Waals surface area contributed by atoms with E-state index in [0.29, 0.717) is 0 Å². The summed E-state index contributed by atoms with van der Waals surface area (Å²) in [5.41, 5.74) is 0.0790. The van der Waals surface area contributed by atoms with E-state index in [4.69, 9.17) is 5.11 Å². The Bertz CT molecular complexity index is 663. The molecule has 9 heteroatoms. The number of aromatic nitrogens is 4. The van der Waals surface area contributed by atoms with Gasteiger partial charge in [0.1, 0.15) is 6.04 Å². The summed E-state index contributed by atoms with van der Waals surface area (Å²) in [6.07, 6.45) is 4.52. The molecule has 2 rings (SSSR count). The predicted octanol–water partition coefficient (Wildman–Crippen LogP) is 1.28. The number of nitrogens with one attached hydrogen (secondary N) is 1. The van der Waals surface area contributed by atoms with Crippen LogP contribution in [-0.4, -0.2) is 36.5 Å². The van der Waals surface area contributed by atoms with Gasteiger partial charge in [-0.15, -0.1) is 0 Å². The molecule has 0 fully saturated rings. The van der Waals surface area contributed by atoms with Gasteiger partial charge in [-0.1, -0.05) is 0 Å². The van der Waals surface area contributed by atoms with Gasteiger partial charge >= 0.3 is 5.97 Å². The van der Waals surface area contributed by atoms with E-state index in [9.17, 15) is 9.59 Å². The van der Waals surface area contributed by atoms with Gasteiger partial charge in [0, 0.05) is 13.2 Å². The largest absolute Gasteiger partial charge is 0.476 e. The summed E-state index contributed by atoms with van der Waals surface area (Å²) in [6, 6.07) is -0.580. The summed E-state index contributed by atoms with van der Waals surface area (Å²) in [5.74, 6) is -1.54. The highest BCUT2D eigenvalue weighted by Crippen LogP contribution is 2.17.